The van der Waals surface area contributed by atoms with Crippen LogP contribution >= 0.6 is 0 Å². The number of unbranched alkanes of at least 4 members (excludes halogenated alkanes) is 2. The van der Waals surface area contributed by atoms with Crippen molar-refractivity contribution < 1.29 is 9.59 Å². The van der Waals surface area contributed by atoms with E-state index in [0.29, 0.717) is 13.0 Å². The van der Waals surface area contributed by atoms with Crippen LogP contribution < -0.4 is 16.0 Å². The highest BCUT2D eigenvalue weighted by Gasteiger charge is 2.24. The monoisotopic (exact) mass is 241 g/mol. The van der Waals surface area contributed by atoms with Crippen molar-refractivity contribution in [1.82, 2.24) is 16.0 Å². The second-order valence-electron chi connectivity index (χ2n) is 4.59. The maximum Gasteiger partial charge on any atom is 0.236 e. The Morgan fingerprint density at radius 2 is 2.29 bits per heavy atom. The van der Waals surface area contributed by atoms with Crippen LogP contribution in [0.1, 0.15) is 39.5 Å². The summed E-state index contributed by atoms with van der Waals surface area (Å²) in [6, 6.07) is -0.159. The van der Waals surface area contributed by atoms with Crippen LogP contribution in [0.25, 0.3) is 0 Å². The lowest BCUT2D eigenvalue weighted by molar-refractivity contribution is -0.123. The van der Waals surface area contributed by atoms with Gasteiger partial charge in [0.2, 0.25) is 11.8 Å². The minimum absolute atomic E-state index is 0.0143. The first kappa shape index (κ1) is 14.0. The predicted octanol–water partition coefficient (Wildman–Crippen LogP) is 0.159. The number of carbonyl (C=O) groups excluding carboxylic acids is 2. The standard InChI is InChI=1S/C12H23N3O2/c1-3-4-5-6-13-12(17)9(2)15-10-7-11(16)14-8-10/h9-10,15H,3-8H2,1-2H3,(H,13,17)(H,14,16). The Kier molecular flexibility index (Phi) is 5.97. The van der Waals surface area contributed by atoms with E-state index in [0.717, 1.165) is 25.8 Å². The molecule has 17 heavy (non-hydrogen) atoms. The largest absolute Gasteiger partial charge is 0.355 e. The summed E-state index contributed by atoms with van der Waals surface area (Å²) < 4.78 is 0. The molecule has 0 aromatic heterocycles. The number of hydrogen-bond acceptors (Lipinski definition) is 3. The Morgan fingerprint density at radius 1 is 1.53 bits per heavy atom. The maximum atomic E-state index is 11.7. The predicted molar refractivity (Wildman–Crippen MR) is 66.5 cm³/mol. The summed E-state index contributed by atoms with van der Waals surface area (Å²) in [5, 5.41) is 8.79. The third-order valence-corrected chi connectivity index (χ3v) is 2.94. The molecular formula is C12H23N3O2. The van der Waals surface area contributed by atoms with Crippen molar-refractivity contribution in [3.05, 3.63) is 0 Å². The van der Waals surface area contributed by atoms with Gasteiger partial charge in [-0.2, -0.15) is 0 Å². The van der Waals surface area contributed by atoms with Gasteiger partial charge in [-0.25, -0.2) is 0 Å². The summed E-state index contributed by atoms with van der Waals surface area (Å²) in [6.45, 7) is 5.32. The highest BCUT2D eigenvalue weighted by Crippen LogP contribution is 2.00. The molecule has 98 valence electrons. The normalized spacial score (nSPS) is 21.1. The first-order chi connectivity index (χ1) is 8.13. The van der Waals surface area contributed by atoms with E-state index >= 15 is 0 Å². The van der Waals surface area contributed by atoms with Crippen LogP contribution in [0.15, 0.2) is 0 Å². The van der Waals surface area contributed by atoms with Gasteiger partial charge in [0.1, 0.15) is 0 Å². The van der Waals surface area contributed by atoms with Gasteiger partial charge in [-0.1, -0.05) is 19.8 Å². The van der Waals surface area contributed by atoms with Crippen molar-refractivity contribution >= 4 is 11.8 Å². The fourth-order valence-corrected chi connectivity index (χ4v) is 1.89. The molecule has 1 aliphatic heterocycles. The van der Waals surface area contributed by atoms with E-state index in [1.807, 2.05) is 6.92 Å². The van der Waals surface area contributed by atoms with Crippen LogP contribution in [0.3, 0.4) is 0 Å². The zero-order chi connectivity index (χ0) is 12.7. The summed E-state index contributed by atoms with van der Waals surface area (Å²) >= 11 is 0. The zero-order valence-electron chi connectivity index (χ0n) is 10.7. The van der Waals surface area contributed by atoms with E-state index in [9.17, 15) is 9.59 Å². The molecule has 1 heterocycles. The molecule has 0 saturated carbocycles. The minimum Gasteiger partial charge on any atom is -0.355 e. The molecule has 0 aromatic carbocycles. The SMILES string of the molecule is CCCCCNC(=O)C(C)NC1CNC(=O)C1. The first-order valence-electron chi connectivity index (χ1n) is 6.44. The molecule has 1 fully saturated rings. The van der Waals surface area contributed by atoms with Gasteiger partial charge >= 0.3 is 0 Å². The molecule has 2 atom stereocenters. The summed E-state index contributed by atoms with van der Waals surface area (Å²) in [7, 11) is 0. The maximum absolute atomic E-state index is 11.7. The van der Waals surface area contributed by atoms with Crippen molar-refractivity contribution in [2.24, 2.45) is 0 Å². The van der Waals surface area contributed by atoms with E-state index in [1.165, 1.54) is 0 Å². The fraction of sp³-hybridized carbons (Fsp3) is 0.833. The first-order valence-corrected chi connectivity index (χ1v) is 6.44. The third-order valence-electron chi connectivity index (χ3n) is 2.94. The molecule has 2 unspecified atom stereocenters. The van der Waals surface area contributed by atoms with Gasteiger partial charge in [0.15, 0.2) is 0 Å². The third kappa shape index (κ3) is 5.17. The van der Waals surface area contributed by atoms with Gasteiger partial charge in [0.25, 0.3) is 0 Å². The molecule has 0 bridgehead atoms. The lowest BCUT2D eigenvalue weighted by Gasteiger charge is -2.17. The summed E-state index contributed by atoms with van der Waals surface area (Å²) in [5.41, 5.74) is 0. The number of rotatable bonds is 7. The van der Waals surface area contributed by atoms with E-state index in [4.69, 9.17) is 0 Å². The van der Waals surface area contributed by atoms with Gasteiger partial charge < -0.3 is 16.0 Å². The van der Waals surface area contributed by atoms with Crippen LogP contribution in [0, 0.1) is 0 Å². The minimum atomic E-state index is -0.241. The molecule has 0 aromatic rings. The van der Waals surface area contributed by atoms with Crippen LogP contribution in [-0.2, 0) is 9.59 Å². The van der Waals surface area contributed by atoms with E-state index in [-0.39, 0.29) is 23.9 Å². The van der Waals surface area contributed by atoms with Gasteiger partial charge in [-0.15, -0.1) is 0 Å². The van der Waals surface area contributed by atoms with Crippen molar-refractivity contribution in [3.63, 3.8) is 0 Å². The van der Waals surface area contributed by atoms with Crippen molar-refractivity contribution in [1.29, 1.82) is 0 Å². The summed E-state index contributed by atoms with van der Waals surface area (Å²) in [4.78, 5) is 22.7. The molecular weight excluding hydrogens is 218 g/mol. The number of amides is 2. The number of hydrogen-bond donors (Lipinski definition) is 3. The Morgan fingerprint density at radius 3 is 2.88 bits per heavy atom. The molecule has 3 N–H and O–H groups in total. The van der Waals surface area contributed by atoms with E-state index < -0.39 is 0 Å². The average molecular weight is 241 g/mol. The number of nitrogens with one attached hydrogen (secondary N) is 3. The smallest absolute Gasteiger partial charge is 0.236 e. The molecule has 1 rings (SSSR count). The Balaban J connectivity index is 2.15. The van der Waals surface area contributed by atoms with Crippen LogP contribution in [0.2, 0.25) is 0 Å². The quantitative estimate of drug-likeness (QED) is 0.556. The van der Waals surface area contributed by atoms with Crippen LogP contribution in [0.5, 0.6) is 0 Å². The van der Waals surface area contributed by atoms with Crippen molar-refractivity contribution in [2.45, 2.75) is 51.6 Å². The van der Waals surface area contributed by atoms with Gasteiger partial charge in [0.05, 0.1) is 6.04 Å². The highest BCUT2D eigenvalue weighted by atomic mass is 16.2. The van der Waals surface area contributed by atoms with E-state index in [1.54, 1.807) is 0 Å². The molecule has 2 amide bonds. The molecule has 5 heteroatoms. The summed E-state index contributed by atoms with van der Waals surface area (Å²) in [5.74, 6) is 0.0681. The summed E-state index contributed by atoms with van der Waals surface area (Å²) in [6.07, 6.45) is 3.79. The highest BCUT2D eigenvalue weighted by molar-refractivity contribution is 5.82. The Hall–Kier alpha value is -1.10. The Labute approximate surface area is 103 Å². The van der Waals surface area contributed by atoms with Crippen molar-refractivity contribution in [2.75, 3.05) is 13.1 Å². The topological polar surface area (TPSA) is 70.2 Å². The molecule has 0 aliphatic carbocycles. The van der Waals surface area contributed by atoms with Crippen LogP contribution in [0.4, 0.5) is 0 Å². The second-order valence-corrected chi connectivity index (χ2v) is 4.59. The molecule has 1 saturated heterocycles. The Bertz CT molecular complexity index is 268. The second kappa shape index (κ2) is 7.27. The fourth-order valence-electron chi connectivity index (χ4n) is 1.89. The lowest BCUT2D eigenvalue weighted by atomic mass is 10.2. The van der Waals surface area contributed by atoms with E-state index in [2.05, 4.69) is 22.9 Å². The lowest BCUT2D eigenvalue weighted by Crippen LogP contribution is -2.47. The van der Waals surface area contributed by atoms with Gasteiger partial charge in [-0.3, -0.25) is 9.59 Å². The average Bonchev–Trinajstić information content (AvgIpc) is 2.70. The van der Waals surface area contributed by atoms with Crippen LogP contribution in [-0.4, -0.2) is 37.0 Å². The molecule has 0 radical (unpaired) electrons. The zero-order valence-corrected chi connectivity index (χ0v) is 10.7. The van der Waals surface area contributed by atoms with Gasteiger partial charge in [0, 0.05) is 25.6 Å². The molecule has 1 aliphatic rings. The molecule has 5 nitrogen and oxygen atoms in total. The molecule has 0 spiro atoms. The van der Waals surface area contributed by atoms with Gasteiger partial charge in [-0.05, 0) is 13.3 Å². The number of carbonyl (C=O) groups is 2. The van der Waals surface area contributed by atoms with Crippen molar-refractivity contribution in [3.8, 4) is 0 Å².